The first-order valence-corrected chi connectivity index (χ1v) is 7.99. The normalized spacial score (nSPS) is 10.5. The van der Waals surface area contributed by atoms with Crippen LogP contribution in [0, 0.1) is 0 Å². The van der Waals surface area contributed by atoms with Crippen LogP contribution < -0.4 is 5.32 Å². The third-order valence-electron chi connectivity index (χ3n) is 3.60. The van der Waals surface area contributed by atoms with Crippen molar-refractivity contribution >= 4 is 11.9 Å². The quantitative estimate of drug-likeness (QED) is 0.744. The maximum absolute atomic E-state index is 12.5. The zero-order valence-electron chi connectivity index (χ0n) is 14.1. The third-order valence-corrected chi connectivity index (χ3v) is 3.60. The van der Waals surface area contributed by atoms with Crippen LogP contribution in [0.15, 0.2) is 53.3 Å². The predicted octanol–water partition coefficient (Wildman–Crippen LogP) is 2.84. The van der Waals surface area contributed by atoms with Crippen molar-refractivity contribution in [2.75, 3.05) is 18.9 Å². The van der Waals surface area contributed by atoms with E-state index in [0.717, 1.165) is 17.8 Å². The molecule has 1 N–H and O–H groups in total. The second kappa shape index (κ2) is 7.57. The summed E-state index contributed by atoms with van der Waals surface area (Å²) in [5.41, 5.74) is 2.14. The van der Waals surface area contributed by atoms with Gasteiger partial charge in [-0.2, -0.15) is 0 Å². The SMILES string of the molecule is CCNc1ncc(C(=O)N(C)Cc2cc(-c3ccccc3)no2)cn1. The molecule has 0 saturated heterocycles. The van der Waals surface area contributed by atoms with Crippen LogP contribution in [-0.4, -0.2) is 39.5 Å². The van der Waals surface area contributed by atoms with Gasteiger partial charge in [-0.25, -0.2) is 9.97 Å². The Morgan fingerprint density at radius 3 is 2.60 bits per heavy atom. The van der Waals surface area contributed by atoms with Crippen LogP contribution in [0.25, 0.3) is 11.3 Å². The average Bonchev–Trinajstić information content (AvgIpc) is 3.11. The van der Waals surface area contributed by atoms with E-state index < -0.39 is 0 Å². The molecule has 7 nitrogen and oxygen atoms in total. The highest BCUT2D eigenvalue weighted by Crippen LogP contribution is 2.19. The molecule has 25 heavy (non-hydrogen) atoms. The van der Waals surface area contributed by atoms with Crippen molar-refractivity contribution in [1.29, 1.82) is 0 Å². The number of hydrogen-bond acceptors (Lipinski definition) is 6. The second-order valence-electron chi connectivity index (χ2n) is 5.53. The zero-order chi connectivity index (χ0) is 17.6. The van der Waals surface area contributed by atoms with Crippen molar-refractivity contribution in [3.8, 4) is 11.3 Å². The highest BCUT2D eigenvalue weighted by atomic mass is 16.5. The Bertz CT molecular complexity index is 830. The summed E-state index contributed by atoms with van der Waals surface area (Å²) in [6.07, 6.45) is 3.03. The average molecular weight is 337 g/mol. The van der Waals surface area contributed by atoms with E-state index in [1.54, 1.807) is 11.9 Å². The summed E-state index contributed by atoms with van der Waals surface area (Å²) in [7, 11) is 1.70. The smallest absolute Gasteiger partial charge is 0.257 e. The Hall–Kier alpha value is -3.22. The minimum Gasteiger partial charge on any atom is -0.359 e. The van der Waals surface area contributed by atoms with Gasteiger partial charge in [-0.1, -0.05) is 35.5 Å². The Morgan fingerprint density at radius 2 is 1.92 bits per heavy atom. The standard InChI is InChI=1S/C18H19N5O2/c1-3-19-18-20-10-14(11-21-18)17(24)23(2)12-15-9-16(22-25-15)13-7-5-4-6-8-13/h4-11H,3,12H2,1-2H3,(H,19,20,21). The molecule has 1 amide bonds. The number of hydrogen-bond donors (Lipinski definition) is 1. The summed E-state index contributed by atoms with van der Waals surface area (Å²) >= 11 is 0. The molecule has 0 unspecified atom stereocenters. The molecular formula is C18H19N5O2. The van der Waals surface area contributed by atoms with Gasteiger partial charge in [0.1, 0.15) is 5.69 Å². The zero-order valence-corrected chi connectivity index (χ0v) is 14.1. The number of aromatic nitrogens is 3. The first-order valence-electron chi connectivity index (χ1n) is 7.99. The van der Waals surface area contributed by atoms with Gasteiger partial charge < -0.3 is 14.7 Å². The van der Waals surface area contributed by atoms with Crippen LogP contribution >= 0.6 is 0 Å². The monoisotopic (exact) mass is 337 g/mol. The van der Waals surface area contributed by atoms with Gasteiger partial charge in [0.25, 0.3) is 5.91 Å². The van der Waals surface area contributed by atoms with Crippen molar-refractivity contribution < 1.29 is 9.32 Å². The van der Waals surface area contributed by atoms with Gasteiger partial charge in [0.05, 0.1) is 12.1 Å². The fourth-order valence-corrected chi connectivity index (χ4v) is 2.35. The summed E-state index contributed by atoms with van der Waals surface area (Å²) < 4.78 is 5.34. The van der Waals surface area contributed by atoms with E-state index in [0.29, 0.717) is 23.8 Å². The van der Waals surface area contributed by atoms with Gasteiger partial charge in [-0.05, 0) is 6.92 Å². The van der Waals surface area contributed by atoms with Gasteiger partial charge in [0.15, 0.2) is 5.76 Å². The first-order chi connectivity index (χ1) is 12.2. The van der Waals surface area contributed by atoms with Crippen molar-refractivity contribution in [2.24, 2.45) is 0 Å². The van der Waals surface area contributed by atoms with Gasteiger partial charge in [-0.15, -0.1) is 0 Å². The van der Waals surface area contributed by atoms with Crippen molar-refractivity contribution in [1.82, 2.24) is 20.0 Å². The van der Waals surface area contributed by atoms with Gasteiger partial charge in [0.2, 0.25) is 5.95 Å². The highest BCUT2D eigenvalue weighted by Gasteiger charge is 2.16. The van der Waals surface area contributed by atoms with E-state index in [9.17, 15) is 4.79 Å². The van der Waals surface area contributed by atoms with E-state index >= 15 is 0 Å². The summed E-state index contributed by atoms with van der Waals surface area (Å²) in [4.78, 5) is 22.2. The van der Waals surface area contributed by atoms with Crippen molar-refractivity contribution in [2.45, 2.75) is 13.5 Å². The fraction of sp³-hybridized carbons (Fsp3) is 0.222. The molecule has 2 aromatic heterocycles. The molecule has 2 heterocycles. The second-order valence-corrected chi connectivity index (χ2v) is 5.53. The predicted molar refractivity (Wildman–Crippen MR) is 93.9 cm³/mol. The molecule has 128 valence electrons. The lowest BCUT2D eigenvalue weighted by molar-refractivity contribution is 0.0771. The topological polar surface area (TPSA) is 84.2 Å². The van der Waals surface area contributed by atoms with Crippen molar-refractivity contribution in [3.05, 3.63) is 60.1 Å². The van der Waals surface area contributed by atoms with E-state index in [1.807, 2.05) is 43.3 Å². The molecule has 0 saturated carbocycles. The van der Waals surface area contributed by atoms with Gasteiger partial charge >= 0.3 is 0 Å². The number of carbonyl (C=O) groups excluding carboxylic acids is 1. The Kier molecular flexibility index (Phi) is 5.03. The maximum Gasteiger partial charge on any atom is 0.257 e. The van der Waals surface area contributed by atoms with E-state index in [1.165, 1.54) is 12.4 Å². The molecule has 0 spiro atoms. The molecule has 3 rings (SSSR count). The highest BCUT2D eigenvalue weighted by molar-refractivity contribution is 5.93. The number of carbonyl (C=O) groups is 1. The van der Waals surface area contributed by atoms with E-state index in [-0.39, 0.29) is 5.91 Å². The van der Waals surface area contributed by atoms with Crippen LogP contribution in [0.3, 0.4) is 0 Å². The number of nitrogens with one attached hydrogen (secondary N) is 1. The van der Waals surface area contributed by atoms with Gasteiger partial charge in [0, 0.05) is 37.6 Å². The number of rotatable bonds is 6. The molecule has 0 bridgehead atoms. The molecule has 0 aliphatic heterocycles. The van der Waals surface area contributed by atoms with Crippen LogP contribution in [-0.2, 0) is 6.54 Å². The maximum atomic E-state index is 12.5. The van der Waals surface area contributed by atoms with Crippen LogP contribution in [0.2, 0.25) is 0 Å². The van der Waals surface area contributed by atoms with Crippen LogP contribution in [0.1, 0.15) is 23.0 Å². The largest absolute Gasteiger partial charge is 0.359 e. The molecule has 0 fully saturated rings. The first kappa shape index (κ1) is 16.6. The summed E-state index contributed by atoms with van der Waals surface area (Å²) in [6.45, 7) is 2.99. The minimum atomic E-state index is -0.180. The van der Waals surface area contributed by atoms with E-state index in [4.69, 9.17) is 4.52 Å². The van der Waals surface area contributed by atoms with E-state index in [2.05, 4.69) is 20.4 Å². The Balaban J connectivity index is 1.66. The lowest BCUT2D eigenvalue weighted by Crippen LogP contribution is -2.26. The van der Waals surface area contributed by atoms with Crippen molar-refractivity contribution in [3.63, 3.8) is 0 Å². The molecule has 0 aliphatic carbocycles. The summed E-state index contributed by atoms with van der Waals surface area (Å²) in [6, 6.07) is 11.6. The molecule has 0 aliphatic rings. The molecule has 0 radical (unpaired) electrons. The van der Waals surface area contributed by atoms with Crippen LogP contribution in [0.5, 0.6) is 0 Å². The Labute approximate surface area is 145 Å². The minimum absolute atomic E-state index is 0.180. The summed E-state index contributed by atoms with van der Waals surface area (Å²) in [5, 5.41) is 7.05. The number of nitrogens with zero attached hydrogens (tertiary/aromatic N) is 4. The van der Waals surface area contributed by atoms with Crippen LogP contribution in [0.4, 0.5) is 5.95 Å². The fourth-order valence-electron chi connectivity index (χ4n) is 2.35. The molecular weight excluding hydrogens is 318 g/mol. The molecule has 7 heteroatoms. The van der Waals surface area contributed by atoms with Gasteiger partial charge in [-0.3, -0.25) is 4.79 Å². The number of amides is 1. The number of anilines is 1. The molecule has 3 aromatic rings. The lowest BCUT2D eigenvalue weighted by atomic mass is 10.1. The lowest BCUT2D eigenvalue weighted by Gasteiger charge is -2.15. The number of benzene rings is 1. The Morgan fingerprint density at radius 1 is 1.20 bits per heavy atom. The molecule has 1 aromatic carbocycles. The summed E-state index contributed by atoms with van der Waals surface area (Å²) in [5.74, 6) is 0.935. The third kappa shape index (κ3) is 4.00. The molecule has 0 atom stereocenters.